The molecule has 0 bridgehead atoms. The lowest BCUT2D eigenvalue weighted by molar-refractivity contribution is 0.0944. The molecular weight excluding hydrogens is 268 g/mol. The lowest BCUT2D eigenvalue weighted by Gasteiger charge is -2.02. The maximum absolute atomic E-state index is 11.9. The van der Waals surface area contributed by atoms with Crippen LogP contribution in [0.3, 0.4) is 0 Å². The van der Waals surface area contributed by atoms with Gasteiger partial charge in [-0.1, -0.05) is 48.3 Å². The molecule has 0 saturated carbocycles. The minimum absolute atomic E-state index is 0.219. The van der Waals surface area contributed by atoms with E-state index in [1.165, 1.54) is 0 Å². The Balaban J connectivity index is 1.80. The Morgan fingerprint density at radius 1 is 1.14 bits per heavy atom. The van der Waals surface area contributed by atoms with Crippen LogP contribution in [-0.2, 0) is 0 Å². The standard InChI is InChI=1S/C16H20N2O3/c19-11-7-2-1-6-10-17-16(20)14-12-15(21-18-14)13-8-4-3-5-9-13/h3-5,8-9,12,19H,1-2,6-7,10-11H2,(H,17,20). The maximum atomic E-state index is 11.9. The predicted molar refractivity (Wildman–Crippen MR) is 79.8 cm³/mol. The molecule has 2 aromatic rings. The summed E-state index contributed by atoms with van der Waals surface area (Å²) in [7, 11) is 0. The quantitative estimate of drug-likeness (QED) is 0.732. The van der Waals surface area contributed by atoms with Gasteiger partial charge in [0.05, 0.1) is 0 Å². The fourth-order valence-corrected chi connectivity index (χ4v) is 2.00. The van der Waals surface area contributed by atoms with Crippen LogP contribution in [0.1, 0.15) is 36.2 Å². The Labute approximate surface area is 124 Å². The summed E-state index contributed by atoms with van der Waals surface area (Å²) < 4.78 is 5.19. The number of hydrogen-bond acceptors (Lipinski definition) is 4. The number of aromatic nitrogens is 1. The molecule has 5 nitrogen and oxygen atoms in total. The zero-order chi connectivity index (χ0) is 14.9. The van der Waals surface area contributed by atoms with Crippen molar-refractivity contribution < 1.29 is 14.4 Å². The fraction of sp³-hybridized carbons (Fsp3) is 0.375. The minimum Gasteiger partial charge on any atom is -0.396 e. The minimum atomic E-state index is -0.219. The molecule has 0 aliphatic rings. The monoisotopic (exact) mass is 288 g/mol. The van der Waals surface area contributed by atoms with E-state index < -0.39 is 0 Å². The normalized spacial score (nSPS) is 10.5. The van der Waals surface area contributed by atoms with Crippen LogP contribution in [0.25, 0.3) is 11.3 Å². The number of hydrogen-bond donors (Lipinski definition) is 2. The van der Waals surface area contributed by atoms with Gasteiger partial charge >= 0.3 is 0 Å². The van der Waals surface area contributed by atoms with Gasteiger partial charge in [-0.2, -0.15) is 0 Å². The zero-order valence-electron chi connectivity index (χ0n) is 11.9. The smallest absolute Gasteiger partial charge is 0.273 e. The number of nitrogens with one attached hydrogen (secondary N) is 1. The van der Waals surface area contributed by atoms with Gasteiger partial charge in [0.1, 0.15) is 0 Å². The Bertz CT molecular complexity index is 552. The summed E-state index contributed by atoms with van der Waals surface area (Å²) in [6.07, 6.45) is 3.69. The first-order chi connectivity index (χ1) is 10.3. The summed E-state index contributed by atoms with van der Waals surface area (Å²) in [6, 6.07) is 11.2. The molecule has 112 valence electrons. The van der Waals surface area contributed by atoms with Crippen LogP contribution < -0.4 is 5.32 Å². The fourth-order valence-electron chi connectivity index (χ4n) is 2.00. The molecule has 0 saturated heterocycles. The molecule has 2 N–H and O–H groups in total. The summed E-state index contributed by atoms with van der Waals surface area (Å²) in [5, 5.41) is 15.3. The second kappa shape index (κ2) is 8.21. The lowest BCUT2D eigenvalue weighted by Crippen LogP contribution is -2.24. The van der Waals surface area contributed by atoms with Gasteiger partial charge < -0.3 is 14.9 Å². The third-order valence-electron chi connectivity index (χ3n) is 3.17. The van der Waals surface area contributed by atoms with Crippen molar-refractivity contribution in [3.63, 3.8) is 0 Å². The van der Waals surface area contributed by atoms with E-state index in [-0.39, 0.29) is 12.5 Å². The molecule has 2 rings (SSSR count). The molecule has 0 unspecified atom stereocenters. The number of nitrogens with zero attached hydrogens (tertiary/aromatic N) is 1. The van der Waals surface area contributed by atoms with Crippen LogP contribution in [0.5, 0.6) is 0 Å². The van der Waals surface area contributed by atoms with Gasteiger partial charge in [0.25, 0.3) is 5.91 Å². The average molecular weight is 288 g/mol. The molecule has 0 aliphatic carbocycles. The first-order valence-corrected chi connectivity index (χ1v) is 7.22. The number of carbonyl (C=O) groups is 1. The number of aliphatic hydroxyl groups excluding tert-OH is 1. The molecule has 0 spiro atoms. The van der Waals surface area contributed by atoms with Gasteiger partial charge in [0.15, 0.2) is 11.5 Å². The Hall–Kier alpha value is -2.14. The molecule has 1 heterocycles. The number of benzene rings is 1. The van der Waals surface area contributed by atoms with Crippen molar-refractivity contribution in [3.8, 4) is 11.3 Å². The highest BCUT2D eigenvalue weighted by Crippen LogP contribution is 2.19. The van der Waals surface area contributed by atoms with Crippen molar-refractivity contribution in [3.05, 3.63) is 42.1 Å². The molecule has 1 aromatic heterocycles. The molecule has 1 amide bonds. The van der Waals surface area contributed by atoms with Crippen molar-refractivity contribution in [1.29, 1.82) is 0 Å². The van der Waals surface area contributed by atoms with E-state index in [0.717, 1.165) is 31.2 Å². The highest BCUT2D eigenvalue weighted by molar-refractivity contribution is 5.93. The summed E-state index contributed by atoms with van der Waals surface area (Å²) >= 11 is 0. The second-order valence-electron chi connectivity index (χ2n) is 4.84. The summed E-state index contributed by atoms with van der Waals surface area (Å²) in [5.41, 5.74) is 1.19. The van der Waals surface area contributed by atoms with Crippen molar-refractivity contribution in [2.24, 2.45) is 0 Å². The molecule has 0 radical (unpaired) electrons. The summed E-state index contributed by atoms with van der Waals surface area (Å²) in [6.45, 7) is 0.839. The van der Waals surface area contributed by atoms with Gasteiger partial charge in [-0.3, -0.25) is 4.79 Å². The highest BCUT2D eigenvalue weighted by Gasteiger charge is 2.12. The van der Waals surface area contributed by atoms with Crippen LogP contribution in [0.4, 0.5) is 0 Å². The molecule has 0 fully saturated rings. The summed E-state index contributed by atoms with van der Waals surface area (Å²) in [4.78, 5) is 11.9. The van der Waals surface area contributed by atoms with Crippen molar-refractivity contribution in [2.75, 3.05) is 13.2 Å². The highest BCUT2D eigenvalue weighted by atomic mass is 16.5. The summed E-state index contributed by atoms with van der Waals surface area (Å²) in [5.74, 6) is 0.367. The topological polar surface area (TPSA) is 75.4 Å². The van der Waals surface area contributed by atoms with Crippen LogP contribution in [0.2, 0.25) is 0 Å². The molecule has 0 aliphatic heterocycles. The second-order valence-corrected chi connectivity index (χ2v) is 4.84. The number of carbonyl (C=O) groups excluding carboxylic acids is 1. The first kappa shape index (κ1) is 15.3. The van der Waals surface area contributed by atoms with E-state index in [2.05, 4.69) is 10.5 Å². The number of amides is 1. The van der Waals surface area contributed by atoms with Crippen LogP contribution in [-0.4, -0.2) is 29.3 Å². The number of rotatable bonds is 8. The Kier molecular flexibility index (Phi) is 5.97. The van der Waals surface area contributed by atoms with E-state index in [4.69, 9.17) is 9.63 Å². The van der Waals surface area contributed by atoms with Gasteiger partial charge in [0, 0.05) is 24.8 Å². The molecule has 5 heteroatoms. The Morgan fingerprint density at radius 3 is 2.67 bits per heavy atom. The number of aliphatic hydroxyl groups is 1. The van der Waals surface area contributed by atoms with Gasteiger partial charge in [0.2, 0.25) is 0 Å². The van der Waals surface area contributed by atoms with Crippen molar-refractivity contribution in [1.82, 2.24) is 10.5 Å². The lowest BCUT2D eigenvalue weighted by atomic mass is 10.1. The largest absolute Gasteiger partial charge is 0.396 e. The SMILES string of the molecule is O=C(NCCCCCCO)c1cc(-c2ccccc2)on1. The third kappa shape index (κ3) is 4.72. The molecule has 21 heavy (non-hydrogen) atoms. The van der Waals surface area contributed by atoms with E-state index in [1.54, 1.807) is 6.07 Å². The Morgan fingerprint density at radius 2 is 1.90 bits per heavy atom. The van der Waals surface area contributed by atoms with Gasteiger partial charge in [-0.15, -0.1) is 0 Å². The average Bonchev–Trinajstić information content (AvgIpc) is 3.01. The van der Waals surface area contributed by atoms with E-state index in [9.17, 15) is 4.79 Å². The van der Waals surface area contributed by atoms with Gasteiger partial charge in [-0.05, 0) is 12.8 Å². The molecular formula is C16H20N2O3. The predicted octanol–water partition coefficient (Wildman–Crippen LogP) is 2.62. The molecule has 0 atom stereocenters. The van der Waals surface area contributed by atoms with Crippen molar-refractivity contribution >= 4 is 5.91 Å². The number of unbranched alkanes of at least 4 members (excludes halogenated alkanes) is 3. The van der Waals surface area contributed by atoms with Crippen LogP contribution in [0.15, 0.2) is 40.9 Å². The van der Waals surface area contributed by atoms with Crippen LogP contribution in [0, 0.1) is 0 Å². The van der Waals surface area contributed by atoms with Crippen molar-refractivity contribution in [2.45, 2.75) is 25.7 Å². The van der Waals surface area contributed by atoms with E-state index in [1.807, 2.05) is 30.3 Å². The van der Waals surface area contributed by atoms with Gasteiger partial charge in [-0.25, -0.2) is 0 Å². The first-order valence-electron chi connectivity index (χ1n) is 7.22. The maximum Gasteiger partial charge on any atom is 0.273 e. The van der Waals surface area contributed by atoms with Crippen LogP contribution >= 0.6 is 0 Å². The zero-order valence-corrected chi connectivity index (χ0v) is 11.9. The molecule has 1 aromatic carbocycles. The third-order valence-corrected chi connectivity index (χ3v) is 3.17. The van der Waals surface area contributed by atoms with E-state index in [0.29, 0.717) is 18.0 Å². The van der Waals surface area contributed by atoms with E-state index >= 15 is 0 Å².